The molecule has 1 aliphatic rings. The molecule has 2 aromatic heterocycles. The van der Waals surface area contributed by atoms with Crippen molar-refractivity contribution >= 4 is 17.5 Å². The van der Waals surface area contributed by atoms with Gasteiger partial charge in [0, 0.05) is 18.8 Å². The zero-order valence-electron chi connectivity index (χ0n) is 21.0. The fraction of sp³-hybridized carbons (Fsp3) is 0.414. The molecule has 2 unspecified atom stereocenters. The average Bonchev–Trinajstić information content (AvgIpc) is 2.84. The van der Waals surface area contributed by atoms with Crippen LogP contribution in [0.3, 0.4) is 0 Å². The van der Waals surface area contributed by atoms with Gasteiger partial charge in [0.2, 0.25) is 0 Å². The summed E-state index contributed by atoms with van der Waals surface area (Å²) in [4.78, 5) is 18.3. The van der Waals surface area contributed by atoms with Gasteiger partial charge in [-0.15, -0.1) is 0 Å². The molecule has 2 aromatic rings. The first-order chi connectivity index (χ1) is 16.6. The normalized spacial score (nSPS) is 19.7. The molecule has 1 N–H and O–H groups in total. The molecule has 4 nitrogen and oxygen atoms in total. The quantitative estimate of drug-likeness (QED) is 0.319. The lowest BCUT2D eigenvalue weighted by atomic mass is 9.66. The van der Waals surface area contributed by atoms with Gasteiger partial charge < -0.3 is 5.32 Å². The monoisotopic (exact) mass is 501 g/mol. The number of carbonyl (C=O) groups excluding carboxylic acids is 1. The molecular formula is C29H38F3N3O. The van der Waals surface area contributed by atoms with Crippen molar-refractivity contribution in [3.8, 4) is 0 Å². The van der Waals surface area contributed by atoms with E-state index in [2.05, 4.69) is 42.1 Å². The third kappa shape index (κ3) is 8.77. The summed E-state index contributed by atoms with van der Waals surface area (Å²) in [6, 6.07) is 4.35. The van der Waals surface area contributed by atoms with Gasteiger partial charge in [-0.05, 0) is 79.4 Å². The first kappa shape index (κ1) is 30.8. The van der Waals surface area contributed by atoms with Crippen LogP contribution in [0.2, 0.25) is 0 Å². The van der Waals surface area contributed by atoms with Crippen LogP contribution < -0.4 is 5.32 Å². The molecular weight excluding hydrogens is 463 g/mol. The zero-order chi connectivity index (χ0) is 26.0. The van der Waals surface area contributed by atoms with Crippen LogP contribution in [0.4, 0.5) is 18.9 Å². The highest BCUT2D eigenvalue weighted by Gasteiger charge is 2.33. The molecule has 36 heavy (non-hydrogen) atoms. The summed E-state index contributed by atoms with van der Waals surface area (Å²) in [5.74, 6) is 0.108. The van der Waals surface area contributed by atoms with Crippen molar-refractivity contribution in [2.75, 3.05) is 12.4 Å². The van der Waals surface area contributed by atoms with Crippen LogP contribution in [0.1, 0.15) is 82.0 Å². The van der Waals surface area contributed by atoms with Crippen molar-refractivity contribution in [2.24, 2.45) is 11.3 Å². The largest absolute Gasteiger partial charge is 0.387 e. The van der Waals surface area contributed by atoms with Gasteiger partial charge in [0.1, 0.15) is 23.0 Å². The number of hydrogen-bond acceptors (Lipinski definition) is 4. The number of aldehydes is 1. The van der Waals surface area contributed by atoms with Gasteiger partial charge in [-0.2, -0.15) is 0 Å². The Morgan fingerprint density at radius 2 is 1.92 bits per heavy atom. The summed E-state index contributed by atoms with van der Waals surface area (Å²) in [7, 11) is 1.98. The molecule has 0 bridgehead atoms. The van der Waals surface area contributed by atoms with Crippen molar-refractivity contribution in [3.05, 3.63) is 83.7 Å². The minimum absolute atomic E-state index is 0. The van der Waals surface area contributed by atoms with Crippen LogP contribution in [-0.4, -0.2) is 23.3 Å². The number of halogens is 3. The summed E-state index contributed by atoms with van der Waals surface area (Å²) < 4.78 is 38.9. The molecule has 3 rings (SSSR count). The van der Waals surface area contributed by atoms with Gasteiger partial charge >= 0.3 is 0 Å². The molecule has 0 spiro atoms. The Bertz CT molecular complexity index is 1090. The molecule has 196 valence electrons. The van der Waals surface area contributed by atoms with Crippen LogP contribution in [0.15, 0.2) is 61.0 Å². The smallest absolute Gasteiger partial charge is 0.168 e. The second-order valence-electron chi connectivity index (χ2n) is 9.58. The molecule has 0 saturated heterocycles. The number of aromatic nitrogens is 2. The molecule has 1 fully saturated rings. The standard InChI is InChI=1S/C15H24N2.C13H10F3NO.CH4/c1-11-7-12(9-15(2,3)8-11)13-5-6-17-10-14(13)16-4;1-2-10(15)4-3-9(7-14)13-12(16)6-5-11(8-18)17-13;/h5-6,10-12,16H,7-9H2,1-4H3;2-8H,1H3;1H4/b;4-3-,9-7-,10-2+;. The predicted octanol–water partition coefficient (Wildman–Crippen LogP) is 8.46. The van der Waals surface area contributed by atoms with Crippen molar-refractivity contribution in [2.45, 2.75) is 60.3 Å². The van der Waals surface area contributed by atoms with E-state index in [4.69, 9.17) is 0 Å². The Kier molecular flexibility index (Phi) is 12.3. The number of pyridine rings is 2. The number of hydrogen-bond donors (Lipinski definition) is 1. The number of nitrogens with zero attached hydrogens (tertiary/aromatic N) is 2. The molecule has 1 saturated carbocycles. The molecule has 2 heterocycles. The molecule has 2 atom stereocenters. The van der Waals surface area contributed by atoms with Gasteiger partial charge in [0.05, 0.1) is 18.2 Å². The van der Waals surface area contributed by atoms with Gasteiger partial charge in [0.25, 0.3) is 0 Å². The third-order valence-corrected chi connectivity index (χ3v) is 6.03. The highest BCUT2D eigenvalue weighted by atomic mass is 19.1. The molecule has 1 aliphatic carbocycles. The molecule has 0 radical (unpaired) electrons. The maximum atomic E-state index is 13.4. The van der Waals surface area contributed by atoms with Crippen molar-refractivity contribution < 1.29 is 18.0 Å². The molecule has 7 heteroatoms. The Balaban J connectivity index is 0.000000351. The lowest BCUT2D eigenvalue weighted by molar-refractivity contribution is 0.111. The second-order valence-corrected chi connectivity index (χ2v) is 9.58. The fourth-order valence-corrected chi connectivity index (χ4v) is 4.71. The minimum Gasteiger partial charge on any atom is -0.387 e. The fourth-order valence-electron chi connectivity index (χ4n) is 4.71. The first-order valence-electron chi connectivity index (χ1n) is 11.7. The van der Waals surface area contributed by atoms with Crippen LogP contribution in [0, 0.1) is 17.2 Å². The van der Waals surface area contributed by atoms with Gasteiger partial charge in [0.15, 0.2) is 6.29 Å². The van der Waals surface area contributed by atoms with E-state index in [1.807, 2.05) is 19.4 Å². The minimum atomic E-state index is -0.796. The van der Waals surface area contributed by atoms with Crippen LogP contribution >= 0.6 is 0 Å². The van der Waals surface area contributed by atoms with Crippen molar-refractivity contribution in [1.29, 1.82) is 0 Å². The Hall–Kier alpha value is -3.22. The van der Waals surface area contributed by atoms with E-state index >= 15 is 0 Å². The summed E-state index contributed by atoms with van der Waals surface area (Å²) >= 11 is 0. The summed E-state index contributed by atoms with van der Waals surface area (Å²) in [6.07, 6.45) is 11.5. The zero-order valence-corrected chi connectivity index (χ0v) is 21.0. The topological polar surface area (TPSA) is 54.9 Å². The Labute approximate surface area is 213 Å². The first-order valence-corrected chi connectivity index (χ1v) is 11.7. The lowest BCUT2D eigenvalue weighted by Gasteiger charge is -2.39. The Morgan fingerprint density at radius 1 is 1.19 bits per heavy atom. The predicted molar refractivity (Wildman–Crippen MR) is 143 cm³/mol. The number of rotatable bonds is 6. The number of carbonyl (C=O) groups is 1. The van der Waals surface area contributed by atoms with Crippen LogP contribution in [0.25, 0.3) is 5.57 Å². The maximum Gasteiger partial charge on any atom is 0.168 e. The van der Waals surface area contributed by atoms with E-state index in [-0.39, 0.29) is 30.7 Å². The van der Waals surface area contributed by atoms with E-state index < -0.39 is 11.6 Å². The van der Waals surface area contributed by atoms with E-state index in [9.17, 15) is 18.0 Å². The highest BCUT2D eigenvalue weighted by molar-refractivity contribution is 5.76. The SMILES string of the molecule is C.CNc1cnccc1C1CC(C)CC(C)(C)C1.C\C=C(F)/C=C\C(=C\F)c1nc(C=O)ccc1F. The number of nitrogens with one attached hydrogen (secondary N) is 1. The maximum absolute atomic E-state index is 13.4. The average molecular weight is 502 g/mol. The van der Waals surface area contributed by atoms with Crippen LogP contribution in [0.5, 0.6) is 0 Å². The van der Waals surface area contributed by atoms with Gasteiger partial charge in [-0.1, -0.05) is 34.3 Å². The highest BCUT2D eigenvalue weighted by Crippen LogP contribution is 2.47. The van der Waals surface area contributed by atoms with Gasteiger partial charge in [-0.25, -0.2) is 18.2 Å². The van der Waals surface area contributed by atoms with E-state index in [0.717, 1.165) is 36.3 Å². The summed E-state index contributed by atoms with van der Waals surface area (Å²) in [6.45, 7) is 8.64. The van der Waals surface area contributed by atoms with E-state index in [1.54, 1.807) is 0 Å². The van der Waals surface area contributed by atoms with Crippen molar-refractivity contribution in [1.82, 2.24) is 9.97 Å². The number of anilines is 1. The lowest BCUT2D eigenvalue weighted by Crippen LogP contribution is -2.26. The van der Waals surface area contributed by atoms with E-state index in [0.29, 0.717) is 17.6 Å². The molecule has 0 amide bonds. The summed E-state index contributed by atoms with van der Waals surface area (Å²) in [5.41, 5.74) is 2.47. The second kappa shape index (κ2) is 14.4. The summed E-state index contributed by atoms with van der Waals surface area (Å²) in [5, 5.41) is 3.27. The van der Waals surface area contributed by atoms with Crippen LogP contribution in [-0.2, 0) is 0 Å². The molecule has 0 aromatic carbocycles. The third-order valence-electron chi connectivity index (χ3n) is 6.03. The molecule has 0 aliphatic heterocycles. The number of allylic oxidation sites excluding steroid dienone is 5. The van der Waals surface area contributed by atoms with E-state index in [1.165, 1.54) is 37.4 Å². The van der Waals surface area contributed by atoms with Gasteiger partial charge in [-0.3, -0.25) is 9.78 Å². The Morgan fingerprint density at radius 3 is 2.50 bits per heavy atom. The van der Waals surface area contributed by atoms with Crippen molar-refractivity contribution in [3.63, 3.8) is 0 Å².